The van der Waals surface area contributed by atoms with E-state index in [1.54, 1.807) is 5.56 Å². The van der Waals surface area contributed by atoms with Gasteiger partial charge in [-0.3, -0.25) is 0 Å². The number of nitrogens with zero attached hydrogens (tertiary/aromatic N) is 2. The fraction of sp³-hybridized carbons (Fsp3) is 0.192. The van der Waals surface area contributed by atoms with Gasteiger partial charge in [-0.25, -0.2) is 0 Å². The Hall–Kier alpha value is -6.06. The summed E-state index contributed by atoms with van der Waals surface area (Å²) in [5.74, 6) is 2.81. The van der Waals surface area contributed by atoms with Crippen LogP contribution in [0.25, 0.3) is 33.1 Å². The van der Waals surface area contributed by atoms with Gasteiger partial charge >= 0.3 is 0 Å². The van der Waals surface area contributed by atoms with Crippen LogP contribution in [0.15, 0.2) is 180 Å². The molecule has 1 aromatic heterocycles. The minimum Gasteiger partial charge on any atom is -0.456 e. The second kappa shape index (κ2) is 13.1. The Balaban J connectivity index is 0.955. The van der Waals surface area contributed by atoms with Crippen LogP contribution >= 0.6 is 0 Å². The number of anilines is 6. The van der Waals surface area contributed by atoms with Crippen LogP contribution in [0, 0.1) is 17.8 Å². The van der Waals surface area contributed by atoms with Crippen molar-refractivity contribution in [2.75, 3.05) is 9.80 Å². The number of para-hydroxylation sites is 2. The highest BCUT2D eigenvalue weighted by Gasteiger charge is 2.51. The minimum absolute atomic E-state index is 0.388. The zero-order valence-corrected chi connectivity index (χ0v) is 31.0. The molecule has 4 fully saturated rings. The van der Waals surface area contributed by atoms with Gasteiger partial charge in [-0.05, 0) is 151 Å². The fourth-order valence-corrected chi connectivity index (χ4v) is 10.9. The maximum Gasteiger partial charge on any atom is 0.137 e. The average Bonchev–Trinajstić information content (AvgIpc) is 3.59. The number of fused-ring (bicyclic) bond motifs is 3. The summed E-state index contributed by atoms with van der Waals surface area (Å²) in [5, 5.41) is 2.23. The van der Waals surface area contributed by atoms with Gasteiger partial charge in [-0.2, -0.15) is 0 Å². The maximum absolute atomic E-state index is 6.76. The fourth-order valence-electron chi connectivity index (χ4n) is 10.9. The van der Waals surface area contributed by atoms with E-state index in [0.717, 1.165) is 68.1 Å². The molecule has 3 heteroatoms. The topological polar surface area (TPSA) is 19.6 Å². The van der Waals surface area contributed by atoms with Crippen molar-refractivity contribution in [1.82, 2.24) is 0 Å². The van der Waals surface area contributed by atoms with E-state index in [-0.39, 0.29) is 0 Å². The van der Waals surface area contributed by atoms with Crippen molar-refractivity contribution in [3.63, 3.8) is 0 Å². The summed E-state index contributed by atoms with van der Waals surface area (Å²) < 4.78 is 6.76. The smallest absolute Gasteiger partial charge is 0.137 e. The van der Waals surface area contributed by atoms with Crippen molar-refractivity contribution in [3.05, 3.63) is 181 Å². The van der Waals surface area contributed by atoms with Crippen LogP contribution in [-0.4, -0.2) is 0 Å². The summed E-state index contributed by atoms with van der Waals surface area (Å²) in [5.41, 5.74) is 12.8. The van der Waals surface area contributed by atoms with Crippen LogP contribution in [0.5, 0.6) is 0 Å². The zero-order chi connectivity index (χ0) is 36.3. The third-order valence-corrected chi connectivity index (χ3v) is 13.0. The second-order valence-electron chi connectivity index (χ2n) is 16.5. The molecular weight excluding hydrogens is 669 g/mol. The van der Waals surface area contributed by atoms with Gasteiger partial charge in [0.15, 0.2) is 0 Å². The minimum atomic E-state index is 0.388. The first-order chi connectivity index (χ1) is 27.2. The van der Waals surface area contributed by atoms with Crippen LogP contribution in [0.1, 0.15) is 44.1 Å². The lowest BCUT2D eigenvalue weighted by Crippen LogP contribution is -2.48. The Labute approximate surface area is 323 Å². The Morgan fingerprint density at radius 2 is 0.764 bits per heavy atom. The highest BCUT2D eigenvalue weighted by Crippen LogP contribution is 2.61. The molecule has 4 aliphatic carbocycles. The molecule has 4 saturated carbocycles. The van der Waals surface area contributed by atoms with Gasteiger partial charge in [-0.1, -0.05) is 91.0 Å². The summed E-state index contributed by atoms with van der Waals surface area (Å²) >= 11 is 0. The molecule has 8 aromatic rings. The number of furan rings is 1. The second-order valence-corrected chi connectivity index (χ2v) is 16.5. The summed E-state index contributed by atoms with van der Waals surface area (Å²) in [6.07, 6.45) is 8.56. The van der Waals surface area contributed by atoms with Gasteiger partial charge in [-0.15, -0.1) is 0 Å². The lowest BCUT2D eigenvalue weighted by Gasteiger charge is -2.57. The molecule has 0 N–H and O–H groups in total. The average molecular weight is 713 g/mol. The summed E-state index contributed by atoms with van der Waals surface area (Å²) in [4.78, 5) is 4.68. The van der Waals surface area contributed by atoms with E-state index >= 15 is 0 Å². The lowest BCUT2D eigenvalue weighted by atomic mass is 9.48. The number of hydrogen-bond acceptors (Lipinski definition) is 3. The number of rotatable bonds is 8. The first-order valence-electron chi connectivity index (χ1n) is 20.1. The van der Waals surface area contributed by atoms with E-state index in [2.05, 4.69) is 186 Å². The Kier molecular flexibility index (Phi) is 7.69. The molecule has 0 saturated heterocycles. The van der Waals surface area contributed by atoms with Crippen LogP contribution in [0.2, 0.25) is 0 Å². The summed E-state index contributed by atoms with van der Waals surface area (Å²) in [6.45, 7) is 0. The molecule has 12 rings (SSSR count). The highest BCUT2D eigenvalue weighted by atomic mass is 16.3. The third kappa shape index (κ3) is 5.72. The van der Waals surface area contributed by atoms with Gasteiger partial charge in [0.25, 0.3) is 0 Å². The Morgan fingerprint density at radius 3 is 1.24 bits per heavy atom. The molecule has 1 heterocycles. The molecule has 0 atom stereocenters. The lowest BCUT2D eigenvalue weighted by molar-refractivity contribution is -0.00518. The molecule has 3 nitrogen and oxygen atoms in total. The van der Waals surface area contributed by atoms with Crippen molar-refractivity contribution in [1.29, 1.82) is 0 Å². The van der Waals surface area contributed by atoms with Crippen LogP contribution in [0.4, 0.5) is 34.1 Å². The standard InChI is InChI=1S/C52H44N2O/c1-4-10-39(11-5-1)40-16-20-44(21-17-40)53(42-12-6-2-7-13-42)46-24-26-48-49-27-25-47(32-51(49)55-50(48)31-46)54(43-14-8-3-9-15-43)45-22-18-41(19-23-45)52-33-36-28-37(34-52)30-38(29-36)35-52/h1-27,31-32,36-38H,28-30,33-35H2. The molecule has 0 unspecified atom stereocenters. The Morgan fingerprint density at radius 1 is 0.382 bits per heavy atom. The number of hydrogen-bond donors (Lipinski definition) is 0. The molecule has 4 aliphatic rings. The normalized spacial score (nSPS) is 21.3. The van der Waals surface area contributed by atoms with Crippen LogP contribution < -0.4 is 9.80 Å². The Bertz CT molecular complexity index is 2570. The van der Waals surface area contributed by atoms with E-state index in [0.29, 0.717) is 5.41 Å². The molecule has 0 radical (unpaired) electrons. The quantitative estimate of drug-likeness (QED) is 0.156. The largest absolute Gasteiger partial charge is 0.456 e. The van der Waals surface area contributed by atoms with Crippen molar-refractivity contribution >= 4 is 56.1 Å². The molecule has 55 heavy (non-hydrogen) atoms. The first kappa shape index (κ1) is 32.4. The van der Waals surface area contributed by atoms with Gasteiger partial charge in [0.05, 0.1) is 0 Å². The summed E-state index contributed by atoms with van der Waals surface area (Å²) in [6, 6.07) is 63.6. The third-order valence-electron chi connectivity index (χ3n) is 13.0. The highest BCUT2D eigenvalue weighted by molar-refractivity contribution is 6.07. The summed E-state index contributed by atoms with van der Waals surface area (Å²) in [7, 11) is 0. The predicted molar refractivity (Wildman–Crippen MR) is 228 cm³/mol. The molecule has 0 spiro atoms. The van der Waals surface area contributed by atoms with E-state index in [1.165, 1.54) is 55.3 Å². The van der Waals surface area contributed by atoms with E-state index < -0.39 is 0 Å². The van der Waals surface area contributed by atoms with Crippen molar-refractivity contribution in [2.24, 2.45) is 17.8 Å². The molecular formula is C52H44N2O. The number of benzene rings is 7. The molecule has 0 aliphatic heterocycles. The first-order valence-corrected chi connectivity index (χ1v) is 20.1. The van der Waals surface area contributed by atoms with Crippen LogP contribution in [0.3, 0.4) is 0 Å². The van der Waals surface area contributed by atoms with Crippen molar-refractivity contribution in [2.45, 2.75) is 43.9 Å². The van der Waals surface area contributed by atoms with Crippen molar-refractivity contribution in [3.8, 4) is 11.1 Å². The predicted octanol–water partition coefficient (Wildman–Crippen LogP) is 14.7. The van der Waals surface area contributed by atoms with Crippen molar-refractivity contribution < 1.29 is 4.42 Å². The van der Waals surface area contributed by atoms with E-state index in [4.69, 9.17) is 4.42 Å². The molecule has 4 bridgehead atoms. The molecule has 268 valence electrons. The SMILES string of the molecule is c1ccc(-c2ccc(N(c3ccccc3)c3ccc4c(c3)oc3cc(N(c5ccccc5)c5ccc(C67CC8CC(CC(C8)C6)C7)cc5)ccc34)cc2)cc1. The molecule has 7 aromatic carbocycles. The van der Waals surface area contributed by atoms with E-state index in [9.17, 15) is 0 Å². The van der Waals surface area contributed by atoms with Gasteiger partial charge in [0, 0.05) is 57.0 Å². The van der Waals surface area contributed by atoms with Gasteiger partial charge in [0.2, 0.25) is 0 Å². The zero-order valence-electron chi connectivity index (χ0n) is 31.0. The monoisotopic (exact) mass is 712 g/mol. The van der Waals surface area contributed by atoms with Gasteiger partial charge in [0.1, 0.15) is 11.2 Å². The van der Waals surface area contributed by atoms with Crippen LogP contribution in [-0.2, 0) is 5.41 Å². The maximum atomic E-state index is 6.76. The molecule has 0 amide bonds. The van der Waals surface area contributed by atoms with Gasteiger partial charge < -0.3 is 14.2 Å². The van der Waals surface area contributed by atoms with E-state index in [1.807, 2.05) is 0 Å².